The maximum absolute atomic E-state index is 6.55. The largest absolute Gasteiger partial charge is 0.368 e. The molecule has 0 aromatic heterocycles. The number of benzene rings is 2. The second kappa shape index (κ2) is 7.97. The lowest BCUT2D eigenvalue weighted by molar-refractivity contribution is 0.755. The van der Waals surface area contributed by atoms with Crippen molar-refractivity contribution in [3.8, 4) is 0 Å². The monoisotopic (exact) mass is 431 g/mol. The minimum absolute atomic E-state index is 0.0514. The van der Waals surface area contributed by atoms with Crippen LogP contribution < -0.4 is 15.8 Å². The number of nitrogens with one attached hydrogen (secondary N) is 2. The van der Waals surface area contributed by atoms with Gasteiger partial charge >= 0.3 is 0 Å². The van der Waals surface area contributed by atoms with Gasteiger partial charge in [-0.15, -0.1) is 0 Å². The van der Waals surface area contributed by atoms with E-state index in [1.54, 1.807) is 12.1 Å². The molecule has 1 atom stereocenters. The van der Waals surface area contributed by atoms with Gasteiger partial charge in [0.05, 0.1) is 10.0 Å². The molecule has 2 aromatic carbocycles. The summed E-state index contributed by atoms with van der Waals surface area (Å²) in [6, 6.07) is 14.8. The van der Waals surface area contributed by atoms with Gasteiger partial charge in [0.2, 0.25) is 11.9 Å². The van der Waals surface area contributed by atoms with E-state index in [9.17, 15) is 0 Å². The number of halogens is 3. The molecule has 0 spiro atoms. The molecule has 2 aromatic rings. The van der Waals surface area contributed by atoms with Crippen LogP contribution in [0.25, 0.3) is 0 Å². The molecule has 0 fully saturated rings. The summed E-state index contributed by atoms with van der Waals surface area (Å²) in [5.74, 6) is 0.419. The van der Waals surface area contributed by atoms with Crippen LogP contribution in [0.4, 0.5) is 0 Å². The Kier molecular flexibility index (Phi) is 5.91. The molecule has 5 nitrogen and oxygen atoms in total. The second-order valence-corrected chi connectivity index (χ2v) is 8.45. The van der Waals surface area contributed by atoms with Crippen LogP contribution in [-0.2, 0) is 0 Å². The average Bonchev–Trinajstić information content (AvgIpc) is 2.55. The van der Waals surface area contributed by atoms with Gasteiger partial charge in [-0.25, -0.2) is 0 Å². The first-order chi connectivity index (χ1) is 12.0. The quantitative estimate of drug-likeness (QED) is 0.376. The average molecular weight is 433 g/mol. The Hall–Kier alpha value is -1.25. The van der Waals surface area contributed by atoms with Crippen LogP contribution in [0, 0.1) is 0 Å². The molecule has 1 heterocycles. The van der Waals surface area contributed by atoms with Gasteiger partial charge in [0.15, 0.2) is 0 Å². The highest BCUT2D eigenvalue weighted by molar-refractivity contribution is 8.02. The maximum Gasteiger partial charge on any atom is 0.265 e. The first-order valence-electron chi connectivity index (χ1n) is 6.97. The molecule has 25 heavy (non-hydrogen) atoms. The van der Waals surface area contributed by atoms with Gasteiger partial charge in [-0.2, -0.15) is 9.98 Å². The number of thioether (sulfide) groups is 1. The van der Waals surface area contributed by atoms with Crippen molar-refractivity contribution in [1.82, 2.24) is 10.0 Å². The highest BCUT2D eigenvalue weighted by atomic mass is 35.5. The molecule has 1 aliphatic rings. The molecule has 0 bridgehead atoms. The fraction of sp³-hybridized carbons (Fsp3) is 0.0667. The Balaban J connectivity index is 1.72. The molecule has 10 heteroatoms. The summed E-state index contributed by atoms with van der Waals surface area (Å²) in [4.78, 5) is 9.89. The summed E-state index contributed by atoms with van der Waals surface area (Å²) in [7, 11) is 0. The Bertz CT molecular complexity index is 845. The third-order valence-corrected chi connectivity index (χ3v) is 6.14. The molecule has 0 saturated carbocycles. The summed E-state index contributed by atoms with van der Waals surface area (Å²) < 4.78 is 1.78. The zero-order valence-electron chi connectivity index (χ0n) is 12.5. The summed E-state index contributed by atoms with van der Waals surface area (Å²) >= 11 is 21.4. The highest BCUT2D eigenvalue weighted by Gasteiger charge is 2.33. The van der Waals surface area contributed by atoms with Gasteiger partial charge in [0.25, 0.3) is 4.45 Å². The van der Waals surface area contributed by atoms with Crippen LogP contribution in [0.15, 0.2) is 68.3 Å². The first-order valence-corrected chi connectivity index (χ1v) is 9.74. The second-order valence-electron chi connectivity index (χ2n) is 4.78. The minimum atomic E-state index is -1.26. The third kappa shape index (κ3) is 4.89. The van der Waals surface area contributed by atoms with E-state index in [1.165, 1.54) is 23.7 Å². The summed E-state index contributed by atoms with van der Waals surface area (Å²) in [6.45, 7) is 0. The molecular weight excluding hydrogens is 421 g/mol. The molecule has 0 aliphatic carbocycles. The molecule has 1 aliphatic heterocycles. The van der Waals surface area contributed by atoms with Gasteiger partial charge in [0, 0.05) is 9.79 Å². The lowest BCUT2D eigenvalue weighted by atomic mass is 10.4. The van der Waals surface area contributed by atoms with Crippen molar-refractivity contribution >= 4 is 70.4 Å². The van der Waals surface area contributed by atoms with Crippen molar-refractivity contribution in [1.29, 1.82) is 0 Å². The summed E-state index contributed by atoms with van der Waals surface area (Å²) in [5.41, 5.74) is 5.81. The van der Waals surface area contributed by atoms with Crippen LogP contribution in [0.1, 0.15) is 0 Å². The Morgan fingerprint density at radius 3 is 2.24 bits per heavy atom. The summed E-state index contributed by atoms with van der Waals surface area (Å²) in [6.07, 6.45) is 0. The van der Waals surface area contributed by atoms with E-state index < -0.39 is 4.45 Å². The van der Waals surface area contributed by atoms with Crippen molar-refractivity contribution in [3.05, 3.63) is 58.6 Å². The van der Waals surface area contributed by atoms with Crippen LogP contribution >= 0.6 is 58.5 Å². The number of aliphatic imine (C=N–C) groups is 2. The van der Waals surface area contributed by atoms with Gasteiger partial charge in [-0.05, 0) is 36.2 Å². The van der Waals surface area contributed by atoms with Crippen molar-refractivity contribution < 1.29 is 0 Å². The molecule has 0 amide bonds. The van der Waals surface area contributed by atoms with Crippen LogP contribution in [0.2, 0.25) is 10.0 Å². The SMILES string of the molecule is NC1=NC(Cl)(Sc2ccccc2Cl)NC(NSc2ccccc2Cl)=N1. The topological polar surface area (TPSA) is 74.8 Å². The van der Waals surface area contributed by atoms with Crippen LogP contribution in [-0.4, -0.2) is 16.4 Å². The van der Waals surface area contributed by atoms with Gasteiger partial charge < -0.3 is 11.1 Å². The zero-order chi connectivity index (χ0) is 17.9. The minimum Gasteiger partial charge on any atom is -0.368 e. The molecule has 3 rings (SSSR count). The molecular formula is C15H12Cl3N5S2. The Morgan fingerprint density at radius 2 is 1.60 bits per heavy atom. The molecule has 0 radical (unpaired) electrons. The summed E-state index contributed by atoms with van der Waals surface area (Å²) in [5, 5.41) is 4.20. The predicted molar refractivity (Wildman–Crippen MR) is 109 cm³/mol. The maximum atomic E-state index is 6.55. The van der Waals surface area contributed by atoms with Crippen LogP contribution in [0.5, 0.6) is 0 Å². The van der Waals surface area contributed by atoms with Crippen molar-refractivity contribution in [3.63, 3.8) is 0 Å². The van der Waals surface area contributed by atoms with Crippen molar-refractivity contribution in [2.24, 2.45) is 15.7 Å². The van der Waals surface area contributed by atoms with Crippen molar-refractivity contribution in [2.75, 3.05) is 0 Å². The van der Waals surface area contributed by atoms with E-state index in [1.807, 2.05) is 36.4 Å². The number of hydrogen-bond donors (Lipinski definition) is 3. The Morgan fingerprint density at radius 1 is 1.00 bits per heavy atom. The number of nitrogens with two attached hydrogens (primary N) is 1. The van der Waals surface area contributed by atoms with E-state index >= 15 is 0 Å². The van der Waals surface area contributed by atoms with E-state index in [0.717, 1.165) is 9.79 Å². The fourth-order valence-electron chi connectivity index (χ4n) is 1.89. The molecule has 1 unspecified atom stereocenters. The van der Waals surface area contributed by atoms with Crippen molar-refractivity contribution in [2.45, 2.75) is 14.2 Å². The number of nitrogens with zero attached hydrogens (tertiary/aromatic N) is 2. The van der Waals surface area contributed by atoms with E-state index in [-0.39, 0.29) is 5.96 Å². The smallest absolute Gasteiger partial charge is 0.265 e. The number of rotatable bonds is 4. The Labute approximate surface area is 168 Å². The standard InChI is InChI=1S/C15H12Cl3N5S2/c16-9-5-1-3-7-11(9)24-15(18)21-13(19)20-14(22-15)23-25-12-8-4-2-6-10(12)17/h1-8H,(H4,19,20,21,22,23). The van der Waals surface area contributed by atoms with Gasteiger partial charge in [-0.3, -0.25) is 4.72 Å². The predicted octanol–water partition coefficient (Wildman–Crippen LogP) is 4.51. The van der Waals surface area contributed by atoms with Gasteiger partial charge in [0.1, 0.15) is 0 Å². The number of hydrogen-bond acceptors (Lipinski definition) is 7. The lowest BCUT2D eigenvalue weighted by Crippen LogP contribution is -2.49. The highest BCUT2D eigenvalue weighted by Crippen LogP contribution is 2.40. The molecule has 130 valence electrons. The zero-order valence-corrected chi connectivity index (χ0v) is 16.4. The lowest BCUT2D eigenvalue weighted by Gasteiger charge is -2.28. The van der Waals surface area contributed by atoms with E-state index in [0.29, 0.717) is 16.0 Å². The van der Waals surface area contributed by atoms with E-state index in [4.69, 9.17) is 40.5 Å². The number of guanidine groups is 2. The number of alkyl halides is 1. The normalized spacial score (nSPS) is 19.6. The fourth-order valence-corrected chi connectivity index (χ4v) is 4.32. The third-order valence-electron chi connectivity index (χ3n) is 2.93. The van der Waals surface area contributed by atoms with E-state index in [2.05, 4.69) is 20.0 Å². The van der Waals surface area contributed by atoms with Gasteiger partial charge in [-0.1, -0.05) is 70.8 Å². The molecule has 4 N–H and O–H groups in total. The van der Waals surface area contributed by atoms with Crippen LogP contribution in [0.3, 0.4) is 0 Å². The molecule has 0 saturated heterocycles. The first kappa shape index (κ1) is 18.5.